The minimum atomic E-state index is -2.87. The molecule has 0 aromatic heterocycles. The van der Waals surface area contributed by atoms with Gasteiger partial charge in [-0.05, 0) is 43.3 Å². The number of nitrogens with one attached hydrogen (secondary N) is 1. The quantitative estimate of drug-likeness (QED) is 0.268. The SMILES string of the molecule is C[C@H]1[C@H]([Si](C)(C)O)[C@@H](CCO)O[C@]12C(=O)N(Cc1ccc(N3CCNCC3=O)cc1)c1ccc([N+](=O)[O-])cc12. The van der Waals surface area contributed by atoms with E-state index in [0.717, 1.165) is 11.3 Å². The van der Waals surface area contributed by atoms with Crippen LogP contribution in [0.3, 0.4) is 0 Å². The summed E-state index contributed by atoms with van der Waals surface area (Å²) in [5.41, 5.74) is 0.528. The predicted octanol–water partition coefficient (Wildman–Crippen LogP) is 2.26. The number of ether oxygens (including phenoxy) is 1. The zero-order valence-electron chi connectivity index (χ0n) is 22.3. The molecule has 2 fully saturated rings. The van der Waals surface area contributed by atoms with E-state index in [1.807, 2.05) is 31.2 Å². The molecule has 0 bridgehead atoms. The Kier molecular flexibility index (Phi) is 7.10. The highest BCUT2D eigenvalue weighted by Crippen LogP contribution is 2.60. The number of carbonyl (C=O) groups excluding carboxylic acids is 2. The van der Waals surface area contributed by atoms with Gasteiger partial charge in [0.1, 0.15) is 0 Å². The Morgan fingerprint density at radius 3 is 2.54 bits per heavy atom. The molecular weight excluding hydrogens is 520 g/mol. The van der Waals surface area contributed by atoms with Gasteiger partial charge in [0, 0.05) is 54.5 Å². The number of hydrogen-bond acceptors (Lipinski definition) is 8. The van der Waals surface area contributed by atoms with Crippen LogP contribution in [0.2, 0.25) is 18.6 Å². The Hall–Kier alpha value is -3.16. The van der Waals surface area contributed by atoms with E-state index in [2.05, 4.69) is 5.32 Å². The Bertz CT molecular complexity index is 1300. The van der Waals surface area contributed by atoms with Gasteiger partial charge in [0.2, 0.25) is 5.91 Å². The van der Waals surface area contributed by atoms with Gasteiger partial charge < -0.3 is 29.8 Å². The van der Waals surface area contributed by atoms with Crippen LogP contribution in [0.25, 0.3) is 0 Å². The van der Waals surface area contributed by atoms with E-state index >= 15 is 0 Å². The molecule has 12 heteroatoms. The lowest BCUT2D eigenvalue weighted by molar-refractivity contribution is -0.385. The summed E-state index contributed by atoms with van der Waals surface area (Å²) in [4.78, 5) is 52.3. The molecule has 0 unspecified atom stereocenters. The summed E-state index contributed by atoms with van der Waals surface area (Å²) in [5.74, 6) is -0.813. The van der Waals surface area contributed by atoms with Gasteiger partial charge in [0.15, 0.2) is 13.9 Å². The average molecular weight is 555 g/mol. The van der Waals surface area contributed by atoms with Crippen LogP contribution in [0.15, 0.2) is 42.5 Å². The predicted molar refractivity (Wildman–Crippen MR) is 147 cm³/mol. The summed E-state index contributed by atoms with van der Waals surface area (Å²) >= 11 is 0. The van der Waals surface area contributed by atoms with E-state index in [4.69, 9.17) is 4.74 Å². The first-order chi connectivity index (χ1) is 18.5. The maximum Gasteiger partial charge on any atom is 0.269 e. The van der Waals surface area contributed by atoms with Crippen LogP contribution in [0, 0.1) is 16.0 Å². The molecule has 2 saturated heterocycles. The van der Waals surface area contributed by atoms with Gasteiger partial charge in [0.25, 0.3) is 11.6 Å². The number of carbonyl (C=O) groups is 2. The van der Waals surface area contributed by atoms with Crippen LogP contribution in [0.4, 0.5) is 17.1 Å². The zero-order valence-corrected chi connectivity index (χ0v) is 23.3. The molecule has 2 aromatic carbocycles. The van der Waals surface area contributed by atoms with Crippen molar-refractivity contribution in [3.8, 4) is 0 Å². The van der Waals surface area contributed by atoms with Crippen LogP contribution >= 0.6 is 0 Å². The molecule has 11 nitrogen and oxygen atoms in total. The molecule has 5 rings (SSSR count). The number of non-ortho nitro benzene ring substituents is 1. The third kappa shape index (κ3) is 4.55. The highest BCUT2D eigenvalue weighted by molar-refractivity contribution is 6.71. The van der Waals surface area contributed by atoms with Gasteiger partial charge in [0.05, 0.1) is 29.8 Å². The van der Waals surface area contributed by atoms with Gasteiger partial charge in [-0.3, -0.25) is 19.7 Å². The number of rotatable bonds is 7. The van der Waals surface area contributed by atoms with E-state index in [1.165, 1.54) is 12.1 Å². The Morgan fingerprint density at radius 2 is 1.92 bits per heavy atom. The minimum Gasteiger partial charge on any atom is -0.432 e. The number of nitro groups is 1. The van der Waals surface area contributed by atoms with Gasteiger partial charge in [-0.15, -0.1) is 0 Å². The van der Waals surface area contributed by atoms with E-state index in [9.17, 15) is 29.6 Å². The highest BCUT2D eigenvalue weighted by atomic mass is 28.4. The monoisotopic (exact) mass is 554 g/mol. The van der Waals surface area contributed by atoms with Crippen molar-refractivity contribution in [1.82, 2.24) is 5.32 Å². The Balaban J connectivity index is 1.53. The van der Waals surface area contributed by atoms with E-state index in [-0.39, 0.29) is 42.6 Å². The van der Waals surface area contributed by atoms with Crippen molar-refractivity contribution in [2.75, 3.05) is 36.0 Å². The van der Waals surface area contributed by atoms with Crippen LogP contribution in [0.5, 0.6) is 0 Å². The number of anilines is 2. The second-order valence-electron chi connectivity index (χ2n) is 11.1. The number of nitro benzene ring substituents is 1. The molecule has 0 radical (unpaired) electrons. The van der Waals surface area contributed by atoms with Crippen molar-refractivity contribution >= 4 is 37.2 Å². The fraction of sp³-hybridized carbons (Fsp3) is 0.481. The van der Waals surface area contributed by atoms with Gasteiger partial charge >= 0.3 is 0 Å². The molecule has 3 aliphatic rings. The summed E-state index contributed by atoms with van der Waals surface area (Å²) in [6.45, 7) is 7.05. The zero-order chi connectivity index (χ0) is 28.1. The molecule has 39 heavy (non-hydrogen) atoms. The van der Waals surface area contributed by atoms with Gasteiger partial charge in [-0.25, -0.2) is 0 Å². The van der Waals surface area contributed by atoms with Crippen molar-refractivity contribution < 1.29 is 29.2 Å². The normalized spacial score (nSPS) is 26.9. The Morgan fingerprint density at radius 1 is 1.21 bits per heavy atom. The number of fused-ring (bicyclic) bond motifs is 2. The Labute approximate surface area is 227 Å². The van der Waals surface area contributed by atoms with Crippen molar-refractivity contribution in [3.63, 3.8) is 0 Å². The number of hydrogen-bond donors (Lipinski definition) is 3. The van der Waals surface area contributed by atoms with Crippen LogP contribution < -0.4 is 15.1 Å². The van der Waals surface area contributed by atoms with Gasteiger partial charge in [-0.2, -0.15) is 0 Å². The first-order valence-electron chi connectivity index (χ1n) is 13.2. The maximum absolute atomic E-state index is 14.3. The van der Waals surface area contributed by atoms with E-state index in [0.29, 0.717) is 30.9 Å². The molecule has 0 saturated carbocycles. The van der Waals surface area contributed by atoms with Crippen LogP contribution in [-0.4, -0.2) is 67.3 Å². The number of piperazine rings is 1. The third-order valence-corrected chi connectivity index (χ3v) is 10.8. The molecular formula is C27H34N4O7Si. The first kappa shape index (κ1) is 27.4. The number of amides is 2. The number of benzene rings is 2. The van der Waals surface area contributed by atoms with Crippen molar-refractivity contribution in [3.05, 3.63) is 63.7 Å². The maximum atomic E-state index is 14.3. The summed E-state index contributed by atoms with van der Waals surface area (Å²) in [6, 6.07) is 11.8. The van der Waals surface area contributed by atoms with Gasteiger partial charge in [-0.1, -0.05) is 19.1 Å². The molecule has 2 amide bonds. The summed E-state index contributed by atoms with van der Waals surface area (Å²) < 4.78 is 6.50. The van der Waals surface area contributed by atoms with Crippen LogP contribution in [-0.2, 0) is 26.5 Å². The first-order valence-corrected chi connectivity index (χ1v) is 16.2. The molecule has 3 aliphatic heterocycles. The second kappa shape index (κ2) is 10.1. The summed E-state index contributed by atoms with van der Waals surface area (Å²) in [5, 5.41) is 24.5. The topological polar surface area (TPSA) is 145 Å². The minimum absolute atomic E-state index is 0.00380. The number of aliphatic hydroxyl groups excluding tert-OH is 1. The lowest BCUT2D eigenvalue weighted by Gasteiger charge is -2.32. The molecule has 3 N–H and O–H groups in total. The fourth-order valence-electron chi connectivity index (χ4n) is 6.58. The average Bonchev–Trinajstić information content (AvgIpc) is 3.31. The number of nitrogens with zero attached hydrogens (tertiary/aromatic N) is 3. The molecule has 0 aliphatic carbocycles. The highest BCUT2D eigenvalue weighted by Gasteiger charge is 2.66. The van der Waals surface area contributed by atoms with E-state index in [1.54, 1.807) is 29.0 Å². The molecule has 4 atom stereocenters. The summed E-state index contributed by atoms with van der Waals surface area (Å²) in [7, 11) is -2.87. The smallest absolute Gasteiger partial charge is 0.269 e. The van der Waals surface area contributed by atoms with Crippen molar-refractivity contribution in [2.45, 2.75) is 50.2 Å². The lowest BCUT2D eigenvalue weighted by atomic mass is 9.82. The molecule has 1 spiro atoms. The molecule has 3 heterocycles. The molecule has 2 aromatic rings. The largest absolute Gasteiger partial charge is 0.432 e. The third-order valence-electron chi connectivity index (χ3n) is 8.27. The van der Waals surface area contributed by atoms with Crippen molar-refractivity contribution in [2.24, 2.45) is 5.92 Å². The van der Waals surface area contributed by atoms with E-state index < -0.39 is 30.9 Å². The lowest BCUT2D eigenvalue weighted by Crippen LogP contribution is -2.48. The van der Waals surface area contributed by atoms with Crippen LogP contribution in [0.1, 0.15) is 24.5 Å². The molecule has 208 valence electrons. The summed E-state index contributed by atoms with van der Waals surface area (Å²) in [6.07, 6.45) is -0.319. The standard InChI is InChI=1S/C27H34N4O7Si/c1-17-25(39(2,3)37)23(10-13-32)38-27(17)21-14-20(31(35)36)8-9-22(21)30(26(27)34)16-18-4-6-19(7-5-18)29-12-11-28-15-24(29)33/h4-9,14,17,23,25,28,32,37H,10-13,15-16H2,1-3H3/t17-,23+,25-,27+/m0/s1. The second-order valence-corrected chi connectivity index (χ2v) is 15.1. The van der Waals surface area contributed by atoms with Crippen molar-refractivity contribution in [1.29, 1.82) is 0 Å². The fourth-order valence-corrected chi connectivity index (χ4v) is 9.18. The number of aliphatic hydroxyl groups is 1.